The van der Waals surface area contributed by atoms with Crippen molar-refractivity contribution in [2.45, 2.75) is 13.3 Å². The lowest BCUT2D eigenvalue weighted by Crippen LogP contribution is -2.16. The van der Waals surface area contributed by atoms with Crippen LogP contribution in [0.15, 0.2) is 27.1 Å². The van der Waals surface area contributed by atoms with E-state index in [0.717, 1.165) is 13.1 Å². The van der Waals surface area contributed by atoms with Gasteiger partial charge < -0.3 is 9.73 Å². The van der Waals surface area contributed by atoms with Crippen molar-refractivity contribution in [3.05, 3.63) is 34.4 Å². The van der Waals surface area contributed by atoms with Crippen molar-refractivity contribution >= 4 is 15.9 Å². The van der Waals surface area contributed by atoms with Gasteiger partial charge in [0.2, 0.25) is 5.89 Å². The Kier molecular flexibility index (Phi) is 4.43. The quantitative estimate of drug-likeness (QED) is 0.862. The molecule has 0 atom stereocenters. The molecule has 0 bridgehead atoms. The average molecular weight is 314 g/mol. The molecule has 2 aromatic rings. The summed E-state index contributed by atoms with van der Waals surface area (Å²) in [4.78, 5) is 0. The highest BCUT2D eigenvalue weighted by Crippen LogP contribution is 2.24. The highest BCUT2D eigenvalue weighted by Gasteiger charge is 2.12. The summed E-state index contributed by atoms with van der Waals surface area (Å²) in [6.45, 7) is 3.68. The predicted molar refractivity (Wildman–Crippen MR) is 69.6 cm³/mol. The molecule has 18 heavy (non-hydrogen) atoms. The fourth-order valence-corrected chi connectivity index (χ4v) is 1.83. The zero-order valence-electron chi connectivity index (χ0n) is 9.91. The first-order valence-corrected chi connectivity index (χ1v) is 6.48. The van der Waals surface area contributed by atoms with Crippen molar-refractivity contribution in [1.29, 1.82) is 0 Å². The number of hydrogen-bond acceptors (Lipinski definition) is 4. The summed E-state index contributed by atoms with van der Waals surface area (Å²) >= 11 is 3.20. The van der Waals surface area contributed by atoms with E-state index in [1.165, 1.54) is 6.07 Å². The molecule has 0 aliphatic carbocycles. The Balaban J connectivity index is 2.13. The predicted octanol–water partition coefficient (Wildman–Crippen LogP) is 2.79. The molecule has 0 spiro atoms. The molecule has 0 unspecified atom stereocenters. The van der Waals surface area contributed by atoms with Gasteiger partial charge in [-0.1, -0.05) is 22.9 Å². The number of likely N-dealkylation sites (N-methyl/N-ethyl adjacent to an activating group) is 1. The monoisotopic (exact) mass is 313 g/mol. The Labute approximate surface area is 113 Å². The number of rotatable bonds is 5. The van der Waals surface area contributed by atoms with Crippen LogP contribution in [0, 0.1) is 5.82 Å². The molecule has 0 radical (unpaired) electrons. The lowest BCUT2D eigenvalue weighted by Gasteiger charge is -1.98. The maximum absolute atomic E-state index is 13.7. The van der Waals surface area contributed by atoms with Crippen molar-refractivity contribution in [2.75, 3.05) is 13.1 Å². The van der Waals surface area contributed by atoms with Gasteiger partial charge in [-0.15, -0.1) is 10.2 Å². The van der Waals surface area contributed by atoms with Crippen LogP contribution in [0.5, 0.6) is 0 Å². The van der Waals surface area contributed by atoms with Gasteiger partial charge in [0.05, 0.1) is 5.56 Å². The van der Waals surface area contributed by atoms with E-state index in [2.05, 4.69) is 31.4 Å². The molecule has 6 heteroatoms. The molecule has 1 N–H and O–H groups in total. The van der Waals surface area contributed by atoms with E-state index in [0.29, 0.717) is 22.3 Å². The maximum Gasteiger partial charge on any atom is 0.250 e. The van der Waals surface area contributed by atoms with Crippen molar-refractivity contribution in [3.8, 4) is 11.5 Å². The lowest BCUT2D eigenvalue weighted by atomic mass is 10.2. The van der Waals surface area contributed by atoms with Crippen LogP contribution < -0.4 is 5.32 Å². The first-order valence-electron chi connectivity index (χ1n) is 5.69. The third-order valence-corrected chi connectivity index (χ3v) is 2.89. The van der Waals surface area contributed by atoms with Gasteiger partial charge in [0.25, 0.3) is 5.89 Å². The van der Waals surface area contributed by atoms with Crippen LogP contribution in [-0.4, -0.2) is 23.3 Å². The molecular formula is C12H13BrFN3O. The normalized spacial score (nSPS) is 10.8. The smallest absolute Gasteiger partial charge is 0.250 e. The summed E-state index contributed by atoms with van der Waals surface area (Å²) in [5.74, 6) is 0.339. The second-order valence-corrected chi connectivity index (χ2v) is 4.64. The van der Waals surface area contributed by atoms with E-state index in [4.69, 9.17) is 4.42 Å². The molecule has 0 fully saturated rings. The second-order valence-electron chi connectivity index (χ2n) is 3.73. The molecule has 0 aliphatic heterocycles. The van der Waals surface area contributed by atoms with Crippen LogP contribution in [0.25, 0.3) is 11.5 Å². The lowest BCUT2D eigenvalue weighted by molar-refractivity contribution is 0.493. The largest absolute Gasteiger partial charge is 0.421 e. The standard InChI is InChI=1S/C12H13BrFN3O/c1-2-15-6-5-11-16-17-12(18-11)9-4-3-8(13)7-10(9)14/h3-4,7,15H,2,5-6H2,1H3. The van der Waals surface area contributed by atoms with E-state index in [9.17, 15) is 4.39 Å². The van der Waals surface area contributed by atoms with E-state index in [1.54, 1.807) is 12.1 Å². The summed E-state index contributed by atoms with van der Waals surface area (Å²) in [7, 11) is 0. The topological polar surface area (TPSA) is 51.0 Å². The van der Waals surface area contributed by atoms with Crippen molar-refractivity contribution in [2.24, 2.45) is 0 Å². The molecular weight excluding hydrogens is 301 g/mol. The molecule has 0 saturated heterocycles. The molecule has 2 rings (SSSR count). The average Bonchev–Trinajstić information content (AvgIpc) is 2.78. The maximum atomic E-state index is 13.7. The van der Waals surface area contributed by atoms with E-state index in [-0.39, 0.29) is 11.7 Å². The van der Waals surface area contributed by atoms with Gasteiger partial charge in [0, 0.05) is 17.4 Å². The van der Waals surface area contributed by atoms with Crippen molar-refractivity contribution in [1.82, 2.24) is 15.5 Å². The number of aromatic nitrogens is 2. The minimum absolute atomic E-state index is 0.214. The van der Waals surface area contributed by atoms with Crippen LogP contribution >= 0.6 is 15.9 Å². The Morgan fingerprint density at radius 3 is 2.94 bits per heavy atom. The van der Waals surface area contributed by atoms with Crippen LogP contribution in [0.1, 0.15) is 12.8 Å². The minimum atomic E-state index is -0.383. The SMILES string of the molecule is CCNCCc1nnc(-c2ccc(Br)cc2F)o1. The van der Waals surface area contributed by atoms with Gasteiger partial charge in [-0.2, -0.15) is 0 Å². The van der Waals surface area contributed by atoms with Crippen LogP contribution in [-0.2, 0) is 6.42 Å². The van der Waals surface area contributed by atoms with E-state index >= 15 is 0 Å². The molecule has 96 valence electrons. The Hall–Kier alpha value is -1.27. The highest BCUT2D eigenvalue weighted by atomic mass is 79.9. The van der Waals surface area contributed by atoms with Gasteiger partial charge in [-0.05, 0) is 24.7 Å². The second kappa shape index (κ2) is 6.06. The molecule has 0 aliphatic rings. The van der Waals surface area contributed by atoms with E-state index in [1.807, 2.05) is 6.92 Å². The Morgan fingerprint density at radius 2 is 2.22 bits per heavy atom. The van der Waals surface area contributed by atoms with Gasteiger partial charge in [0.1, 0.15) is 5.82 Å². The van der Waals surface area contributed by atoms with Gasteiger partial charge >= 0.3 is 0 Å². The van der Waals surface area contributed by atoms with Gasteiger partial charge in [-0.25, -0.2) is 4.39 Å². The molecule has 0 saturated carbocycles. The van der Waals surface area contributed by atoms with Crippen molar-refractivity contribution < 1.29 is 8.81 Å². The molecule has 4 nitrogen and oxygen atoms in total. The number of nitrogens with zero attached hydrogens (tertiary/aromatic N) is 2. The summed E-state index contributed by atoms with van der Waals surface area (Å²) < 4.78 is 19.8. The first-order chi connectivity index (χ1) is 8.70. The minimum Gasteiger partial charge on any atom is -0.421 e. The Morgan fingerprint density at radius 1 is 1.39 bits per heavy atom. The summed E-state index contributed by atoms with van der Waals surface area (Å²) in [5.41, 5.74) is 0.320. The number of benzene rings is 1. The fourth-order valence-electron chi connectivity index (χ4n) is 1.50. The van der Waals surface area contributed by atoms with E-state index < -0.39 is 0 Å². The third kappa shape index (κ3) is 3.14. The van der Waals surface area contributed by atoms with Crippen LogP contribution in [0.3, 0.4) is 0 Å². The fraction of sp³-hybridized carbons (Fsp3) is 0.333. The summed E-state index contributed by atoms with van der Waals surface area (Å²) in [6.07, 6.45) is 0.638. The molecule has 1 aromatic carbocycles. The highest BCUT2D eigenvalue weighted by molar-refractivity contribution is 9.10. The first kappa shape index (κ1) is 13.2. The van der Waals surface area contributed by atoms with Crippen LogP contribution in [0.2, 0.25) is 0 Å². The number of halogens is 2. The van der Waals surface area contributed by atoms with Crippen LogP contribution in [0.4, 0.5) is 4.39 Å². The number of nitrogens with one attached hydrogen (secondary N) is 1. The molecule has 0 amide bonds. The zero-order valence-corrected chi connectivity index (χ0v) is 11.5. The third-order valence-electron chi connectivity index (χ3n) is 2.39. The van der Waals surface area contributed by atoms with Gasteiger partial charge in [-0.3, -0.25) is 0 Å². The van der Waals surface area contributed by atoms with Crippen molar-refractivity contribution in [3.63, 3.8) is 0 Å². The zero-order chi connectivity index (χ0) is 13.0. The number of hydrogen-bond donors (Lipinski definition) is 1. The molecule has 1 heterocycles. The summed E-state index contributed by atoms with van der Waals surface area (Å²) in [6, 6.07) is 4.72. The van der Waals surface area contributed by atoms with Gasteiger partial charge in [0.15, 0.2) is 0 Å². The Bertz CT molecular complexity index is 530. The summed E-state index contributed by atoms with van der Waals surface area (Å²) in [5, 5.41) is 10.9. The molecule has 1 aromatic heterocycles.